The zero-order chi connectivity index (χ0) is 36.0. The molecule has 0 saturated carbocycles. The minimum Gasteiger partial charge on any atom is -0.500 e. The van der Waals surface area contributed by atoms with Crippen molar-refractivity contribution in [1.82, 2.24) is 14.5 Å². The number of aryl methyl sites for hydroxylation is 3. The molecule has 0 aliphatic heterocycles. The Morgan fingerprint density at radius 2 is 1.58 bits per heavy atom. The fraction of sp³-hybridized carbons (Fsp3) is 0.200. The number of imidazole rings is 1. The second-order valence-corrected chi connectivity index (χ2v) is 19.8. The molecule has 0 aliphatic carbocycles. The van der Waals surface area contributed by atoms with Crippen LogP contribution in [0.4, 0.5) is 4.39 Å². The van der Waals surface area contributed by atoms with Gasteiger partial charge in [-0.2, -0.15) is 0 Å². The van der Waals surface area contributed by atoms with Crippen LogP contribution in [0, 0.1) is 38.7 Å². The van der Waals surface area contributed by atoms with Crippen LogP contribution >= 0.6 is 0 Å². The number of nitrogens with zero attached hydrogens (tertiary/aromatic N) is 3. The Hall–Kier alpha value is -4.68. The van der Waals surface area contributed by atoms with Gasteiger partial charge in [-0.15, -0.1) is 48.0 Å². The number of furan rings is 1. The fourth-order valence-corrected chi connectivity index (χ4v) is 7.85. The van der Waals surface area contributed by atoms with Gasteiger partial charge in [-0.25, -0.2) is 0 Å². The molecule has 8 rings (SSSR count). The fourth-order valence-electron chi connectivity index (χ4n) is 6.82. The van der Waals surface area contributed by atoms with Crippen LogP contribution in [-0.2, 0) is 20.1 Å². The smallest absolute Gasteiger partial charge is 0.121 e. The molecule has 265 valence electrons. The number of benzene rings is 5. The summed E-state index contributed by atoms with van der Waals surface area (Å²) in [4.78, 5) is 9.53. The molecule has 0 amide bonds. The predicted octanol–water partition coefficient (Wildman–Crippen LogP) is 11.7. The maximum atomic E-state index is 15.2. The normalized spacial score (nSPS) is 11.6. The van der Waals surface area contributed by atoms with Crippen LogP contribution in [-0.4, -0.2) is 22.6 Å². The van der Waals surface area contributed by atoms with Gasteiger partial charge in [0.2, 0.25) is 0 Å². The van der Waals surface area contributed by atoms with E-state index in [4.69, 9.17) is 9.40 Å². The third-order valence-corrected chi connectivity index (χ3v) is 11.5. The zero-order valence-corrected chi connectivity index (χ0v) is 34.2. The molecule has 0 saturated heterocycles. The van der Waals surface area contributed by atoms with Crippen LogP contribution in [0.15, 0.2) is 108 Å². The first-order chi connectivity index (χ1) is 24.4. The summed E-state index contributed by atoms with van der Waals surface area (Å²) in [5.74, 6) is 0.694. The minimum absolute atomic E-state index is 0. The van der Waals surface area contributed by atoms with Crippen LogP contribution in [0.25, 0.3) is 61.3 Å². The van der Waals surface area contributed by atoms with Crippen LogP contribution in [0.3, 0.4) is 0 Å². The Morgan fingerprint density at radius 3 is 2.23 bits per heavy atom. The van der Waals surface area contributed by atoms with E-state index in [1.54, 1.807) is 0 Å². The predicted molar refractivity (Wildman–Crippen MR) is 212 cm³/mol. The van der Waals surface area contributed by atoms with Crippen LogP contribution in [0.2, 0.25) is 19.6 Å². The van der Waals surface area contributed by atoms with Crippen molar-refractivity contribution in [3.8, 4) is 28.3 Å². The Labute approximate surface area is 320 Å². The first-order valence-corrected chi connectivity index (χ1v) is 21.0. The standard InChI is InChI=1S/C31H26FN2O.C14H16NSi.Ir/c1-17(2)21-10-11-22-27(16-21)35-30-23(12-13-24(32)28(22)30)31-33-25-8-6-7-9-26(25)34(31)29-19(4)14-18(3)15-20(29)5;1-16(2,3)13-9-10-14(15-11-13)12-7-5-4-6-8-12;/h6-11,13-17H,1-5H3;4-7,9-11H,1-3H3;/q2*-1;. The second kappa shape index (κ2) is 14.7. The summed E-state index contributed by atoms with van der Waals surface area (Å²) in [5.41, 5.74) is 11.5. The summed E-state index contributed by atoms with van der Waals surface area (Å²) in [7, 11) is -1.23. The molecular weight excluding hydrogens is 838 g/mol. The number of aromatic nitrogens is 3. The molecule has 0 spiro atoms. The van der Waals surface area contributed by atoms with Gasteiger partial charge in [-0.1, -0.05) is 93.1 Å². The second-order valence-electron chi connectivity index (χ2n) is 14.7. The number of pyridine rings is 1. The number of halogens is 1. The van der Waals surface area contributed by atoms with E-state index in [-0.39, 0.29) is 25.9 Å². The maximum absolute atomic E-state index is 15.2. The van der Waals surface area contributed by atoms with Crippen LogP contribution in [0.1, 0.15) is 42.0 Å². The van der Waals surface area contributed by atoms with Crippen molar-refractivity contribution in [3.63, 3.8) is 0 Å². The summed E-state index contributed by atoms with van der Waals surface area (Å²) >= 11 is 0. The van der Waals surface area contributed by atoms with Gasteiger partial charge in [0.1, 0.15) is 5.58 Å². The van der Waals surface area contributed by atoms with Gasteiger partial charge in [0.05, 0.1) is 30.5 Å². The quantitative estimate of drug-likeness (QED) is 0.128. The van der Waals surface area contributed by atoms with E-state index in [0.717, 1.165) is 50.1 Å². The average molecular weight is 880 g/mol. The van der Waals surface area contributed by atoms with E-state index in [0.29, 0.717) is 33.9 Å². The van der Waals surface area contributed by atoms with Crippen molar-refractivity contribution < 1.29 is 28.9 Å². The molecule has 0 atom stereocenters. The summed E-state index contributed by atoms with van der Waals surface area (Å²) < 4.78 is 23.7. The molecule has 8 aromatic rings. The molecular formula is C45H42FIrN3OSi-2. The van der Waals surface area contributed by atoms with E-state index in [9.17, 15) is 0 Å². The molecule has 52 heavy (non-hydrogen) atoms. The average Bonchev–Trinajstić information content (AvgIpc) is 3.68. The Morgan fingerprint density at radius 1 is 0.846 bits per heavy atom. The number of hydrogen-bond donors (Lipinski definition) is 0. The van der Waals surface area contributed by atoms with Crippen molar-refractivity contribution in [1.29, 1.82) is 0 Å². The van der Waals surface area contributed by atoms with E-state index in [2.05, 4.69) is 106 Å². The Bertz CT molecular complexity index is 2510. The van der Waals surface area contributed by atoms with Gasteiger partial charge in [-0.05, 0) is 77.8 Å². The number of hydrogen-bond acceptors (Lipinski definition) is 3. The van der Waals surface area contributed by atoms with Crippen LogP contribution in [0.5, 0.6) is 0 Å². The molecule has 0 fully saturated rings. The first kappa shape index (κ1) is 37.1. The number of para-hydroxylation sites is 2. The van der Waals surface area contributed by atoms with E-state index in [1.807, 2.05) is 66.9 Å². The SMILES string of the molecule is C[Si](C)(C)c1ccc(-c2[c-]cccc2)nc1.Cc1cc(C)c(-n2c(-c3[c-]cc(F)c4c3oc3cc(C(C)C)ccc34)nc3ccccc32)c(C)c1.[Ir]. The summed E-state index contributed by atoms with van der Waals surface area (Å²) in [6.07, 6.45) is 2.02. The van der Waals surface area contributed by atoms with Crippen LogP contribution < -0.4 is 5.19 Å². The largest absolute Gasteiger partial charge is 0.500 e. The molecule has 0 aliphatic rings. The summed E-state index contributed by atoms with van der Waals surface area (Å²) in [6, 6.07) is 38.5. The van der Waals surface area contributed by atoms with E-state index < -0.39 is 8.07 Å². The van der Waals surface area contributed by atoms with Crippen molar-refractivity contribution in [2.75, 3.05) is 0 Å². The topological polar surface area (TPSA) is 43.9 Å². The molecule has 0 bridgehead atoms. The van der Waals surface area contributed by atoms with Gasteiger partial charge in [0.25, 0.3) is 0 Å². The third-order valence-electron chi connectivity index (χ3n) is 9.45. The molecule has 7 heteroatoms. The van der Waals surface area contributed by atoms with Crippen molar-refractivity contribution >= 4 is 46.2 Å². The number of rotatable bonds is 5. The molecule has 0 unspecified atom stereocenters. The number of fused-ring (bicyclic) bond motifs is 4. The third kappa shape index (κ3) is 7.05. The van der Waals surface area contributed by atoms with E-state index >= 15 is 4.39 Å². The van der Waals surface area contributed by atoms with Crippen molar-refractivity contribution in [2.24, 2.45) is 0 Å². The van der Waals surface area contributed by atoms with Gasteiger partial charge >= 0.3 is 0 Å². The summed E-state index contributed by atoms with van der Waals surface area (Å²) in [5, 5.41) is 2.63. The van der Waals surface area contributed by atoms with Gasteiger partial charge in [0.15, 0.2) is 0 Å². The monoisotopic (exact) mass is 880 g/mol. The summed E-state index contributed by atoms with van der Waals surface area (Å²) in [6.45, 7) is 17.6. The molecule has 0 N–H and O–H groups in total. The first-order valence-electron chi connectivity index (χ1n) is 17.5. The van der Waals surface area contributed by atoms with Gasteiger partial charge in [-0.3, -0.25) is 9.37 Å². The van der Waals surface area contributed by atoms with Crippen molar-refractivity contribution in [2.45, 2.75) is 60.2 Å². The molecule has 4 nitrogen and oxygen atoms in total. The molecule has 1 radical (unpaired) electrons. The van der Waals surface area contributed by atoms with E-state index in [1.165, 1.54) is 16.8 Å². The molecule has 3 aromatic heterocycles. The molecule has 5 aromatic carbocycles. The maximum Gasteiger partial charge on any atom is 0.121 e. The van der Waals surface area contributed by atoms with Gasteiger partial charge < -0.3 is 14.0 Å². The Balaban J connectivity index is 0.000000230. The van der Waals surface area contributed by atoms with Crippen molar-refractivity contribution in [3.05, 3.63) is 143 Å². The minimum atomic E-state index is -1.23. The Kier molecular flexibility index (Phi) is 10.5. The molecule has 3 heterocycles. The zero-order valence-electron chi connectivity index (χ0n) is 30.9. The van der Waals surface area contributed by atoms with Gasteiger partial charge in [0, 0.05) is 43.2 Å².